The molecule has 2 N–H and O–H groups in total. The molecular formula is C11H10FNO. The van der Waals surface area contributed by atoms with E-state index < -0.39 is 0 Å². The van der Waals surface area contributed by atoms with E-state index in [0.717, 1.165) is 11.1 Å². The summed E-state index contributed by atoms with van der Waals surface area (Å²) in [6, 6.07) is 4.57. The Morgan fingerprint density at radius 3 is 2.86 bits per heavy atom. The van der Waals surface area contributed by atoms with E-state index in [1.807, 2.05) is 0 Å². The van der Waals surface area contributed by atoms with Gasteiger partial charge in [-0.1, -0.05) is 6.07 Å². The number of halogens is 1. The Balaban J connectivity index is 2.45. The Hall–Kier alpha value is -1.64. The van der Waals surface area contributed by atoms with Crippen molar-refractivity contribution in [2.75, 3.05) is 0 Å². The molecule has 0 unspecified atom stereocenters. The summed E-state index contributed by atoms with van der Waals surface area (Å²) < 4.78 is 12.8. The third-order valence-electron chi connectivity index (χ3n) is 2.41. The maximum absolute atomic E-state index is 12.8. The number of hydrogen-bond acceptors (Lipinski definition) is 1. The smallest absolute Gasteiger partial charge is 0.244 e. The maximum Gasteiger partial charge on any atom is 0.244 e. The molecule has 1 aliphatic rings. The van der Waals surface area contributed by atoms with Gasteiger partial charge in [0.15, 0.2) is 0 Å². The molecule has 72 valence electrons. The van der Waals surface area contributed by atoms with Crippen LogP contribution in [0.4, 0.5) is 4.39 Å². The number of benzene rings is 1. The summed E-state index contributed by atoms with van der Waals surface area (Å²) in [5.41, 5.74) is 7.62. The number of aryl methyl sites for hydroxylation is 1. The van der Waals surface area contributed by atoms with Crippen LogP contribution in [0.3, 0.4) is 0 Å². The minimum absolute atomic E-state index is 0.236. The van der Waals surface area contributed by atoms with Gasteiger partial charge in [0.2, 0.25) is 5.91 Å². The van der Waals surface area contributed by atoms with Gasteiger partial charge in [-0.15, -0.1) is 0 Å². The molecule has 0 spiro atoms. The third-order valence-corrected chi connectivity index (χ3v) is 2.41. The number of nitrogens with two attached hydrogens (primary N) is 1. The fourth-order valence-corrected chi connectivity index (χ4v) is 1.66. The lowest BCUT2D eigenvalue weighted by Crippen LogP contribution is -2.16. The van der Waals surface area contributed by atoms with Gasteiger partial charge in [-0.25, -0.2) is 4.39 Å². The zero-order valence-corrected chi connectivity index (χ0v) is 7.59. The minimum atomic E-state index is -0.389. The molecule has 2 rings (SSSR count). The lowest BCUT2D eigenvalue weighted by atomic mass is 9.92. The maximum atomic E-state index is 12.8. The highest BCUT2D eigenvalue weighted by atomic mass is 19.1. The molecule has 1 aliphatic carbocycles. The summed E-state index contributed by atoms with van der Waals surface area (Å²) in [4.78, 5) is 10.9. The molecule has 0 heterocycles. The Bertz CT molecular complexity index is 423. The third kappa shape index (κ3) is 1.53. The molecule has 0 saturated heterocycles. The fourth-order valence-electron chi connectivity index (χ4n) is 1.66. The average Bonchev–Trinajstić information content (AvgIpc) is 2.16. The predicted octanol–water partition coefficient (Wildman–Crippen LogP) is 1.64. The zero-order chi connectivity index (χ0) is 10.1. The van der Waals surface area contributed by atoms with Crippen molar-refractivity contribution in [3.63, 3.8) is 0 Å². The number of primary amides is 1. The van der Waals surface area contributed by atoms with E-state index in [-0.39, 0.29) is 11.7 Å². The van der Waals surface area contributed by atoms with Crippen molar-refractivity contribution in [1.29, 1.82) is 0 Å². The molecule has 14 heavy (non-hydrogen) atoms. The van der Waals surface area contributed by atoms with Crippen molar-refractivity contribution in [3.05, 3.63) is 40.7 Å². The molecule has 0 aromatic heterocycles. The Morgan fingerprint density at radius 2 is 2.14 bits per heavy atom. The molecule has 0 radical (unpaired) electrons. The van der Waals surface area contributed by atoms with Crippen molar-refractivity contribution in [2.45, 2.75) is 12.8 Å². The van der Waals surface area contributed by atoms with Crippen LogP contribution in [0.25, 0.3) is 6.08 Å². The van der Waals surface area contributed by atoms with Crippen LogP contribution in [-0.2, 0) is 11.2 Å². The molecule has 0 atom stereocenters. The van der Waals surface area contributed by atoms with E-state index in [4.69, 9.17) is 5.73 Å². The van der Waals surface area contributed by atoms with Crippen molar-refractivity contribution in [1.82, 2.24) is 0 Å². The van der Waals surface area contributed by atoms with Crippen molar-refractivity contribution < 1.29 is 9.18 Å². The highest BCUT2D eigenvalue weighted by molar-refractivity contribution is 5.97. The molecule has 1 aromatic carbocycles. The van der Waals surface area contributed by atoms with Crippen LogP contribution in [0.1, 0.15) is 17.5 Å². The molecular weight excluding hydrogens is 181 g/mol. The lowest BCUT2D eigenvalue weighted by Gasteiger charge is -2.13. The van der Waals surface area contributed by atoms with Crippen molar-refractivity contribution in [2.24, 2.45) is 5.73 Å². The molecule has 0 aliphatic heterocycles. The van der Waals surface area contributed by atoms with Gasteiger partial charge in [-0.3, -0.25) is 4.79 Å². The first-order valence-electron chi connectivity index (χ1n) is 4.45. The standard InChI is InChI=1S/C11H10FNO/c12-10-4-3-7-5-9(11(13)14)2-1-8(7)6-10/h3-6H,1-2H2,(H2,13,14). The van der Waals surface area contributed by atoms with Crippen LogP contribution < -0.4 is 5.73 Å². The van der Waals surface area contributed by atoms with E-state index in [1.54, 1.807) is 12.1 Å². The Morgan fingerprint density at radius 1 is 1.36 bits per heavy atom. The number of carbonyl (C=O) groups excluding carboxylic acids is 1. The van der Waals surface area contributed by atoms with E-state index in [2.05, 4.69) is 0 Å². The average molecular weight is 191 g/mol. The van der Waals surface area contributed by atoms with Gasteiger partial charge in [0.05, 0.1) is 0 Å². The summed E-state index contributed by atoms with van der Waals surface area (Å²) in [5.74, 6) is -0.625. The highest BCUT2D eigenvalue weighted by Crippen LogP contribution is 2.24. The van der Waals surface area contributed by atoms with Gasteiger partial charge in [-0.05, 0) is 42.2 Å². The molecule has 0 fully saturated rings. The second kappa shape index (κ2) is 3.25. The summed E-state index contributed by atoms with van der Waals surface area (Å²) in [5, 5.41) is 0. The molecule has 1 aromatic rings. The second-order valence-electron chi connectivity index (χ2n) is 3.38. The minimum Gasteiger partial charge on any atom is -0.366 e. The van der Waals surface area contributed by atoms with E-state index in [9.17, 15) is 9.18 Å². The van der Waals surface area contributed by atoms with Crippen LogP contribution in [0, 0.1) is 5.82 Å². The molecule has 3 heteroatoms. The topological polar surface area (TPSA) is 43.1 Å². The molecule has 0 saturated carbocycles. The van der Waals surface area contributed by atoms with Gasteiger partial charge in [0, 0.05) is 5.57 Å². The quantitative estimate of drug-likeness (QED) is 0.720. The predicted molar refractivity (Wildman–Crippen MR) is 51.9 cm³/mol. The summed E-state index contributed by atoms with van der Waals surface area (Å²) in [6.45, 7) is 0. The van der Waals surface area contributed by atoms with Crippen LogP contribution in [-0.4, -0.2) is 5.91 Å². The summed E-state index contributed by atoms with van der Waals surface area (Å²) in [6.07, 6.45) is 3.02. The first-order chi connectivity index (χ1) is 6.66. The van der Waals surface area contributed by atoms with Crippen LogP contribution in [0.15, 0.2) is 23.8 Å². The second-order valence-corrected chi connectivity index (χ2v) is 3.38. The SMILES string of the molecule is NC(=O)C1=Cc2ccc(F)cc2CC1. The summed E-state index contributed by atoms with van der Waals surface area (Å²) in [7, 11) is 0. The van der Waals surface area contributed by atoms with E-state index >= 15 is 0 Å². The van der Waals surface area contributed by atoms with E-state index in [0.29, 0.717) is 18.4 Å². The van der Waals surface area contributed by atoms with Gasteiger partial charge in [0.25, 0.3) is 0 Å². The molecule has 1 amide bonds. The van der Waals surface area contributed by atoms with Crippen LogP contribution in [0.5, 0.6) is 0 Å². The number of hydrogen-bond donors (Lipinski definition) is 1. The zero-order valence-electron chi connectivity index (χ0n) is 7.59. The normalized spacial score (nSPS) is 14.5. The monoisotopic (exact) mass is 191 g/mol. The first kappa shape index (κ1) is 8.94. The van der Waals surface area contributed by atoms with Gasteiger partial charge in [-0.2, -0.15) is 0 Å². The lowest BCUT2D eigenvalue weighted by molar-refractivity contribution is -0.114. The first-order valence-corrected chi connectivity index (χ1v) is 4.45. The van der Waals surface area contributed by atoms with Gasteiger partial charge >= 0.3 is 0 Å². The van der Waals surface area contributed by atoms with Gasteiger partial charge in [0.1, 0.15) is 5.82 Å². The largest absolute Gasteiger partial charge is 0.366 e. The summed E-state index contributed by atoms with van der Waals surface area (Å²) >= 11 is 0. The number of carbonyl (C=O) groups is 1. The highest BCUT2D eigenvalue weighted by Gasteiger charge is 2.13. The van der Waals surface area contributed by atoms with Crippen LogP contribution >= 0.6 is 0 Å². The Kier molecular flexibility index (Phi) is 2.08. The molecule has 2 nitrogen and oxygen atoms in total. The van der Waals surface area contributed by atoms with Gasteiger partial charge < -0.3 is 5.73 Å². The van der Waals surface area contributed by atoms with Crippen molar-refractivity contribution >= 4 is 12.0 Å². The number of amides is 1. The number of fused-ring (bicyclic) bond motifs is 1. The molecule has 0 bridgehead atoms. The Labute approximate surface area is 81.2 Å². The number of rotatable bonds is 1. The fraction of sp³-hybridized carbons (Fsp3) is 0.182. The van der Waals surface area contributed by atoms with Crippen molar-refractivity contribution in [3.8, 4) is 0 Å². The van der Waals surface area contributed by atoms with E-state index in [1.165, 1.54) is 12.1 Å². The van der Waals surface area contributed by atoms with Crippen LogP contribution in [0.2, 0.25) is 0 Å².